The predicted molar refractivity (Wildman–Crippen MR) is 57.4 cm³/mol. The van der Waals surface area contributed by atoms with Gasteiger partial charge in [0.05, 0.1) is 10.7 Å². The van der Waals surface area contributed by atoms with Gasteiger partial charge in [0, 0.05) is 6.20 Å². The molecular weight excluding hydrogens is 212 g/mol. The molecule has 1 aromatic rings. The molecule has 0 spiro atoms. The number of nitrogens with two attached hydrogens (primary N) is 1. The number of hydrogen-bond acceptors (Lipinski definition) is 4. The molecular formula is C10H7ClN4. The van der Waals surface area contributed by atoms with Crippen molar-refractivity contribution in [1.29, 1.82) is 10.5 Å². The fourth-order valence-corrected chi connectivity index (χ4v) is 1.19. The van der Waals surface area contributed by atoms with Gasteiger partial charge in [0.15, 0.2) is 0 Å². The highest BCUT2D eigenvalue weighted by atomic mass is 35.5. The molecule has 0 aliphatic heterocycles. The van der Waals surface area contributed by atoms with Crippen LogP contribution in [-0.4, -0.2) is 0 Å². The third kappa shape index (κ3) is 2.72. The Morgan fingerprint density at radius 2 is 1.93 bits per heavy atom. The van der Waals surface area contributed by atoms with Gasteiger partial charge in [0.2, 0.25) is 0 Å². The van der Waals surface area contributed by atoms with E-state index in [1.165, 1.54) is 6.20 Å². The Hall–Kier alpha value is -2.01. The normalized spacial score (nSPS) is 8.53. The summed E-state index contributed by atoms with van der Waals surface area (Å²) in [5, 5.41) is 18.7. The van der Waals surface area contributed by atoms with Crippen LogP contribution in [0.25, 0.3) is 0 Å². The largest absolute Gasteiger partial charge is 0.283 e. The lowest BCUT2D eigenvalue weighted by molar-refractivity contribution is 1.07. The Morgan fingerprint density at radius 1 is 1.33 bits per heavy atom. The predicted octanol–water partition coefficient (Wildman–Crippen LogP) is 1.95. The number of hydrazine groups is 1. The molecule has 0 aliphatic rings. The summed E-state index contributed by atoms with van der Waals surface area (Å²) in [6.07, 6.45) is 1.22. The van der Waals surface area contributed by atoms with Crippen molar-refractivity contribution in [3.8, 4) is 12.1 Å². The molecule has 0 aliphatic carbocycles. The first-order valence-electron chi connectivity index (χ1n) is 3.99. The molecule has 5 heteroatoms. The zero-order valence-corrected chi connectivity index (χ0v) is 8.44. The summed E-state index contributed by atoms with van der Waals surface area (Å²) in [5.41, 5.74) is 0.444. The van der Waals surface area contributed by atoms with Crippen molar-refractivity contribution in [1.82, 2.24) is 0 Å². The fraction of sp³-hybridized carbons (Fsp3) is 0. The number of halogens is 1. The highest BCUT2D eigenvalue weighted by Gasteiger charge is 2.04. The maximum Gasteiger partial charge on any atom is 0.147 e. The lowest BCUT2D eigenvalue weighted by atomic mass is 10.3. The van der Waals surface area contributed by atoms with Crippen molar-refractivity contribution >= 4 is 17.3 Å². The maximum absolute atomic E-state index is 8.54. The fourth-order valence-electron chi connectivity index (χ4n) is 0.952. The number of allylic oxidation sites excluding steroid dienone is 1. The van der Waals surface area contributed by atoms with Crippen molar-refractivity contribution in [2.24, 2.45) is 5.84 Å². The molecule has 0 atom stereocenters. The minimum absolute atomic E-state index is 0.0857. The van der Waals surface area contributed by atoms with Crippen LogP contribution in [0.4, 0.5) is 5.69 Å². The summed E-state index contributed by atoms with van der Waals surface area (Å²) in [4.78, 5) is 0. The molecule has 0 heterocycles. The van der Waals surface area contributed by atoms with Gasteiger partial charge in [-0.15, -0.1) is 0 Å². The van der Waals surface area contributed by atoms with Crippen LogP contribution in [0.5, 0.6) is 0 Å². The van der Waals surface area contributed by atoms with Crippen molar-refractivity contribution in [3.63, 3.8) is 0 Å². The molecule has 0 bridgehead atoms. The summed E-state index contributed by atoms with van der Waals surface area (Å²) in [7, 11) is 0. The van der Waals surface area contributed by atoms with E-state index in [9.17, 15) is 0 Å². The van der Waals surface area contributed by atoms with E-state index < -0.39 is 0 Å². The van der Waals surface area contributed by atoms with E-state index in [1.807, 2.05) is 0 Å². The molecule has 0 fully saturated rings. The van der Waals surface area contributed by atoms with E-state index >= 15 is 0 Å². The van der Waals surface area contributed by atoms with Gasteiger partial charge in [-0.2, -0.15) is 10.5 Å². The first kappa shape index (κ1) is 11.1. The Bertz CT molecular complexity index is 451. The van der Waals surface area contributed by atoms with Crippen LogP contribution in [0, 0.1) is 22.7 Å². The number of hydrogen-bond donors (Lipinski definition) is 1. The first-order valence-corrected chi connectivity index (χ1v) is 4.37. The second-order valence-corrected chi connectivity index (χ2v) is 3.03. The lowest BCUT2D eigenvalue weighted by Crippen LogP contribution is -2.24. The molecule has 1 rings (SSSR count). The van der Waals surface area contributed by atoms with Gasteiger partial charge in [-0.05, 0) is 12.1 Å². The van der Waals surface area contributed by atoms with Crippen LogP contribution in [-0.2, 0) is 0 Å². The van der Waals surface area contributed by atoms with Crippen LogP contribution in [0.2, 0.25) is 5.02 Å². The SMILES string of the molecule is N#CC(C#N)=CN(N)c1ccccc1Cl. The molecule has 0 aromatic heterocycles. The Labute approximate surface area is 92.4 Å². The third-order valence-electron chi connectivity index (χ3n) is 1.64. The molecule has 74 valence electrons. The number of para-hydroxylation sites is 1. The molecule has 0 amide bonds. The quantitative estimate of drug-likeness (QED) is 0.468. The van der Waals surface area contributed by atoms with E-state index in [2.05, 4.69) is 0 Å². The summed E-state index contributed by atoms with van der Waals surface area (Å²) in [6.45, 7) is 0. The summed E-state index contributed by atoms with van der Waals surface area (Å²) >= 11 is 5.87. The minimum Gasteiger partial charge on any atom is -0.283 e. The van der Waals surface area contributed by atoms with E-state index in [4.69, 9.17) is 28.0 Å². The smallest absolute Gasteiger partial charge is 0.147 e. The van der Waals surface area contributed by atoms with E-state index in [1.54, 1.807) is 36.4 Å². The van der Waals surface area contributed by atoms with Crippen molar-refractivity contribution in [3.05, 3.63) is 41.1 Å². The summed E-state index contributed by atoms with van der Waals surface area (Å²) < 4.78 is 0. The Kier molecular flexibility index (Phi) is 3.70. The van der Waals surface area contributed by atoms with Crippen LogP contribution >= 0.6 is 11.6 Å². The zero-order valence-electron chi connectivity index (χ0n) is 7.68. The topological polar surface area (TPSA) is 76.8 Å². The second kappa shape index (κ2) is 5.02. The first-order chi connectivity index (χ1) is 7.19. The van der Waals surface area contributed by atoms with Crippen LogP contribution in [0.3, 0.4) is 0 Å². The van der Waals surface area contributed by atoms with Gasteiger partial charge >= 0.3 is 0 Å². The van der Waals surface area contributed by atoms with E-state index in [-0.39, 0.29) is 5.57 Å². The van der Waals surface area contributed by atoms with Crippen molar-refractivity contribution < 1.29 is 0 Å². The highest BCUT2D eigenvalue weighted by Crippen LogP contribution is 2.23. The summed E-state index contributed by atoms with van der Waals surface area (Å²) in [6, 6.07) is 10.3. The highest BCUT2D eigenvalue weighted by molar-refractivity contribution is 6.33. The van der Waals surface area contributed by atoms with Gasteiger partial charge in [-0.3, -0.25) is 5.01 Å². The number of benzene rings is 1. The zero-order chi connectivity index (χ0) is 11.3. The van der Waals surface area contributed by atoms with E-state index in [0.717, 1.165) is 5.01 Å². The Balaban J connectivity index is 3.03. The van der Waals surface area contributed by atoms with Gasteiger partial charge in [0.25, 0.3) is 0 Å². The lowest BCUT2D eigenvalue weighted by Gasteiger charge is -2.14. The molecule has 0 unspecified atom stereocenters. The molecule has 2 N–H and O–H groups in total. The summed E-state index contributed by atoms with van der Waals surface area (Å²) in [5.74, 6) is 5.62. The van der Waals surface area contributed by atoms with Crippen LogP contribution in [0.1, 0.15) is 0 Å². The molecule has 1 aromatic carbocycles. The average Bonchev–Trinajstić information content (AvgIpc) is 2.26. The number of nitriles is 2. The average molecular weight is 219 g/mol. The van der Waals surface area contributed by atoms with Gasteiger partial charge in [0.1, 0.15) is 17.7 Å². The molecule has 0 radical (unpaired) electrons. The van der Waals surface area contributed by atoms with Gasteiger partial charge in [-0.1, -0.05) is 23.7 Å². The van der Waals surface area contributed by atoms with Crippen molar-refractivity contribution in [2.75, 3.05) is 5.01 Å². The minimum atomic E-state index is -0.0857. The Morgan fingerprint density at radius 3 is 2.47 bits per heavy atom. The molecule has 15 heavy (non-hydrogen) atoms. The monoisotopic (exact) mass is 218 g/mol. The van der Waals surface area contributed by atoms with Crippen LogP contribution in [0.15, 0.2) is 36.0 Å². The van der Waals surface area contributed by atoms with Gasteiger partial charge < -0.3 is 0 Å². The number of anilines is 1. The molecule has 4 nitrogen and oxygen atoms in total. The third-order valence-corrected chi connectivity index (χ3v) is 1.96. The van der Waals surface area contributed by atoms with Gasteiger partial charge in [-0.25, -0.2) is 5.84 Å². The van der Waals surface area contributed by atoms with E-state index in [0.29, 0.717) is 10.7 Å². The van der Waals surface area contributed by atoms with Crippen molar-refractivity contribution in [2.45, 2.75) is 0 Å². The number of nitrogens with zero attached hydrogens (tertiary/aromatic N) is 3. The maximum atomic E-state index is 8.54. The molecule has 0 saturated carbocycles. The number of rotatable bonds is 2. The van der Waals surface area contributed by atoms with Crippen LogP contribution < -0.4 is 10.9 Å². The second-order valence-electron chi connectivity index (χ2n) is 2.63. The standard InChI is InChI=1S/C10H7ClN4/c11-9-3-1-2-4-10(9)15(14)7-8(5-12)6-13/h1-4,7H,14H2. The molecule has 0 saturated heterocycles.